The molecule has 0 radical (unpaired) electrons. The van der Waals surface area contributed by atoms with E-state index in [1.165, 1.54) is 0 Å². The van der Waals surface area contributed by atoms with Crippen molar-refractivity contribution in [3.05, 3.63) is 56.6 Å². The number of ether oxygens (including phenoxy) is 1. The molecule has 0 aromatic heterocycles. The molecular formula is C16H13ClF3NO5P+. The molecule has 0 amide bonds. The number of hydrogen-bond acceptors (Lipinski definition) is 4. The van der Waals surface area contributed by atoms with Gasteiger partial charge in [0.2, 0.25) is 0 Å². The summed E-state index contributed by atoms with van der Waals surface area (Å²) in [5.41, 5.74) is -1.13. The molecule has 0 saturated carbocycles. The summed E-state index contributed by atoms with van der Waals surface area (Å²) in [5.74, 6) is -0.105. The summed E-state index contributed by atoms with van der Waals surface area (Å²) in [5, 5.41) is 10.4. The molecule has 0 heterocycles. The van der Waals surface area contributed by atoms with Crippen LogP contribution >= 0.6 is 19.6 Å². The number of alkyl halides is 3. The number of benzene rings is 2. The molecule has 0 fully saturated rings. The summed E-state index contributed by atoms with van der Waals surface area (Å²) in [6.07, 6.45) is -3.65. The van der Waals surface area contributed by atoms with Gasteiger partial charge < -0.3 is 4.74 Å². The summed E-state index contributed by atoms with van der Waals surface area (Å²) in [6, 6.07) is 4.64. The van der Waals surface area contributed by atoms with Crippen LogP contribution in [0.15, 0.2) is 30.3 Å². The molecule has 6 nitrogen and oxygen atoms in total. The SMILES string of the molecule is CCCc1cc([N+](=O)[O-])c([P+](=O)O)cc1Oc1ccc(C(F)(F)F)cc1Cl. The van der Waals surface area contributed by atoms with Crippen molar-refractivity contribution in [3.63, 3.8) is 0 Å². The molecule has 27 heavy (non-hydrogen) atoms. The molecule has 144 valence electrons. The number of aryl methyl sites for hydroxylation is 1. The Balaban J connectivity index is 2.53. The Morgan fingerprint density at radius 3 is 2.41 bits per heavy atom. The third-order valence-corrected chi connectivity index (χ3v) is 4.62. The van der Waals surface area contributed by atoms with Gasteiger partial charge >= 0.3 is 25.2 Å². The van der Waals surface area contributed by atoms with E-state index in [9.17, 15) is 32.7 Å². The van der Waals surface area contributed by atoms with Crippen molar-refractivity contribution in [2.45, 2.75) is 25.9 Å². The summed E-state index contributed by atoms with van der Waals surface area (Å²) >= 11 is 5.86. The van der Waals surface area contributed by atoms with Crippen LogP contribution in [0.4, 0.5) is 18.9 Å². The van der Waals surface area contributed by atoms with Crippen molar-refractivity contribution in [1.82, 2.24) is 0 Å². The maximum absolute atomic E-state index is 12.7. The lowest BCUT2D eigenvalue weighted by atomic mass is 10.1. The van der Waals surface area contributed by atoms with Crippen molar-refractivity contribution in [3.8, 4) is 11.5 Å². The smallest absolute Gasteiger partial charge is 0.455 e. The number of halogens is 4. The average Bonchev–Trinajstić information content (AvgIpc) is 2.56. The van der Waals surface area contributed by atoms with Crippen LogP contribution < -0.4 is 10.0 Å². The highest BCUT2D eigenvalue weighted by atomic mass is 35.5. The normalized spacial score (nSPS) is 12.0. The summed E-state index contributed by atoms with van der Waals surface area (Å²) in [4.78, 5) is 19.7. The van der Waals surface area contributed by atoms with Crippen LogP contribution in [0.25, 0.3) is 0 Å². The standard InChI is InChI=1S/C16H12ClF3NO5P/c1-2-3-9-6-12(21(22)23)15(27(24)25)8-14(9)26-13-5-4-10(7-11(13)17)16(18,19)20/h4-8H,2-3H2,1H3/p+1. The Labute approximate surface area is 157 Å². The van der Waals surface area contributed by atoms with Crippen LogP contribution in [0.3, 0.4) is 0 Å². The molecule has 0 aliphatic rings. The second kappa shape index (κ2) is 8.21. The Morgan fingerprint density at radius 2 is 1.93 bits per heavy atom. The quantitative estimate of drug-likeness (QED) is 0.384. The van der Waals surface area contributed by atoms with Crippen molar-refractivity contribution in [1.29, 1.82) is 0 Å². The number of nitro benzene ring substituents is 1. The van der Waals surface area contributed by atoms with E-state index in [2.05, 4.69) is 0 Å². The molecule has 1 unspecified atom stereocenters. The van der Waals surface area contributed by atoms with Crippen LogP contribution in [0.2, 0.25) is 5.02 Å². The maximum atomic E-state index is 12.7. The molecule has 1 N–H and O–H groups in total. The molecule has 2 aromatic rings. The third kappa shape index (κ3) is 4.94. The topological polar surface area (TPSA) is 89.7 Å². The molecule has 11 heteroatoms. The lowest BCUT2D eigenvalue weighted by Gasteiger charge is -2.13. The lowest BCUT2D eigenvalue weighted by Crippen LogP contribution is -2.08. The van der Waals surface area contributed by atoms with Crippen LogP contribution in [0.1, 0.15) is 24.5 Å². The second-order valence-corrected chi connectivity index (χ2v) is 6.91. The largest absolute Gasteiger partial charge is 0.553 e. The second-order valence-electron chi connectivity index (χ2n) is 5.47. The first kappa shape index (κ1) is 21.1. The van der Waals surface area contributed by atoms with Gasteiger partial charge in [-0.2, -0.15) is 18.1 Å². The van der Waals surface area contributed by atoms with Gasteiger partial charge in [-0.1, -0.05) is 24.9 Å². The van der Waals surface area contributed by atoms with Gasteiger partial charge in [-0.05, 0) is 29.2 Å². The molecule has 0 saturated heterocycles. The molecule has 0 spiro atoms. The number of hydrogen-bond donors (Lipinski definition) is 1. The highest BCUT2D eigenvalue weighted by Gasteiger charge is 2.33. The molecule has 0 aliphatic carbocycles. The van der Waals surface area contributed by atoms with Gasteiger partial charge in [0.05, 0.1) is 15.5 Å². The zero-order valence-corrected chi connectivity index (χ0v) is 15.4. The van der Waals surface area contributed by atoms with Crippen LogP contribution in [-0.4, -0.2) is 9.82 Å². The van der Waals surface area contributed by atoms with Crippen molar-refractivity contribution in [2.24, 2.45) is 0 Å². The first-order chi connectivity index (χ1) is 12.5. The lowest BCUT2D eigenvalue weighted by molar-refractivity contribution is -0.383. The van der Waals surface area contributed by atoms with E-state index in [-0.39, 0.29) is 16.5 Å². The molecular weight excluding hydrogens is 410 g/mol. The van der Waals surface area contributed by atoms with E-state index in [1.807, 2.05) is 0 Å². The van der Waals surface area contributed by atoms with Gasteiger partial charge in [0.15, 0.2) is 0 Å². The number of rotatable bonds is 6. The Bertz CT molecular complexity index is 904. The predicted octanol–water partition coefficient (Wildman–Crippen LogP) is 5.37. The highest BCUT2D eigenvalue weighted by molar-refractivity contribution is 7.47. The van der Waals surface area contributed by atoms with Crippen LogP contribution in [-0.2, 0) is 17.2 Å². The fourth-order valence-corrected chi connectivity index (χ4v) is 3.13. The first-order valence-corrected chi connectivity index (χ1v) is 9.15. The number of nitrogens with zero attached hydrogens (tertiary/aromatic N) is 1. The predicted molar refractivity (Wildman–Crippen MR) is 93.1 cm³/mol. The first-order valence-electron chi connectivity index (χ1n) is 7.56. The van der Waals surface area contributed by atoms with Crippen molar-refractivity contribution in [2.75, 3.05) is 0 Å². The molecule has 2 aromatic carbocycles. The van der Waals surface area contributed by atoms with Gasteiger partial charge in [0.25, 0.3) is 0 Å². The monoisotopic (exact) mass is 422 g/mol. The van der Waals surface area contributed by atoms with Crippen LogP contribution in [0.5, 0.6) is 11.5 Å². The van der Waals surface area contributed by atoms with Gasteiger partial charge in [-0.15, -0.1) is 0 Å². The molecule has 2 rings (SSSR count). The maximum Gasteiger partial charge on any atom is 0.553 e. The van der Waals surface area contributed by atoms with E-state index < -0.39 is 35.7 Å². The van der Waals surface area contributed by atoms with E-state index in [0.29, 0.717) is 24.5 Å². The Morgan fingerprint density at radius 1 is 1.26 bits per heavy atom. The minimum atomic E-state index is -4.58. The summed E-state index contributed by atoms with van der Waals surface area (Å²) in [6.45, 7) is 1.81. The fourth-order valence-electron chi connectivity index (χ4n) is 2.34. The number of nitro groups is 1. The van der Waals surface area contributed by atoms with E-state index >= 15 is 0 Å². The van der Waals surface area contributed by atoms with E-state index in [0.717, 1.165) is 24.3 Å². The Kier molecular flexibility index (Phi) is 6.41. The van der Waals surface area contributed by atoms with Gasteiger partial charge in [-0.3, -0.25) is 10.1 Å². The minimum Gasteiger partial charge on any atom is -0.455 e. The van der Waals surface area contributed by atoms with Crippen molar-refractivity contribution < 1.29 is 32.3 Å². The minimum absolute atomic E-state index is 0.0107. The third-order valence-electron chi connectivity index (χ3n) is 3.56. The van der Waals surface area contributed by atoms with Gasteiger partial charge in [0, 0.05) is 17.7 Å². The van der Waals surface area contributed by atoms with Gasteiger partial charge in [-0.25, -0.2) is 0 Å². The van der Waals surface area contributed by atoms with E-state index in [4.69, 9.17) is 16.3 Å². The van der Waals surface area contributed by atoms with Crippen LogP contribution in [0, 0.1) is 10.1 Å². The fraction of sp³-hybridized carbons (Fsp3) is 0.250. The molecule has 0 aliphatic heterocycles. The molecule has 0 bridgehead atoms. The Hall–Kier alpha value is -2.22. The zero-order valence-electron chi connectivity index (χ0n) is 13.8. The highest BCUT2D eigenvalue weighted by Crippen LogP contribution is 2.38. The zero-order chi connectivity index (χ0) is 20.4. The average molecular weight is 423 g/mol. The summed E-state index contributed by atoms with van der Waals surface area (Å²) < 4.78 is 55.2. The van der Waals surface area contributed by atoms with E-state index in [1.54, 1.807) is 6.92 Å². The van der Waals surface area contributed by atoms with Crippen molar-refractivity contribution >= 4 is 30.6 Å². The molecule has 1 atom stereocenters. The summed E-state index contributed by atoms with van der Waals surface area (Å²) in [7, 11) is -3.04. The van der Waals surface area contributed by atoms with Gasteiger partial charge in [0.1, 0.15) is 11.5 Å².